The number of ether oxygens (including phenoxy) is 3. The van der Waals surface area contributed by atoms with Crippen molar-refractivity contribution < 1.29 is 18.6 Å². The molecule has 0 saturated carbocycles. The van der Waals surface area contributed by atoms with Gasteiger partial charge in [-0.05, 0) is 55.5 Å². The van der Waals surface area contributed by atoms with Gasteiger partial charge in [-0.3, -0.25) is 0 Å². The van der Waals surface area contributed by atoms with Gasteiger partial charge in [-0.25, -0.2) is 9.38 Å². The van der Waals surface area contributed by atoms with Gasteiger partial charge in [0.2, 0.25) is 0 Å². The summed E-state index contributed by atoms with van der Waals surface area (Å²) in [4.78, 5) is 7.18. The fourth-order valence-corrected chi connectivity index (χ4v) is 5.43. The Morgan fingerprint density at radius 1 is 0.921 bits per heavy atom. The van der Waals surface area contributed by atoms with E-state index in [1.165, 1.54) is 6.07 Å². The minimum absolute atomic E-state index is 0.00857. The van der Waals surface area contributed by atoms with E-state index < -0.39 is 11.6 Å². The Hall–Kier alpha value is -3.73. The maximum atomic E-state index is 14.1. The number of nitriles is 1. The molecule has 3 aromatic rings. The smallest absolute Gasteiger partial charge is 0.288 e. The second-order valence-corrected chi connectivity index (χ2v) is 10.2. The molecule has 4 atom stereocenters. The zero-order valence-corrected chi connectivity index (χ0v) is 21.9. The second-order valence-electron chi connectivity index (χ2n) is 10.2. The van der Waals surface area contributed by atoms with Gasteiger partial charge >= 0.3 is 0 Å². The molecule has 0 spiro atoms. The second kappa shape index (κ2) is 10.9. The standard InChI is InChI=1S/C31H32FN3O3/c1-31(2)37-28-26(17-21-10-6-4-7-11-21)34-30(36-3)35(20-23-14-15-25(32)24(16-23)19-33)27(29(28)38-31)18-22-12-8-5-9-13-22/h4-16,26-29H,17-18,20H2,1-3H3/t26-,27-,28+,29+/m1/s1. The Labute approximate surface area is 223 Å². The van der Waals surface area contributed by atoms with Crippen LogP contribution in [0, 0.1) is 17.1 Å². The summed E-state index contributed by atoms with van der Waals surface area (Å²) in [5, 5.41) is 9.41. The molecule has 7 heteroatoms. The van der Waals surface area contributed by atoms with E-state index in [0.29, 0.717) is 25.4 Å². The van der Waals surface area contributed by atoms with Crippen LogP contribution in [0.1, 0.15) is 36.1 Å². The quantitative estimate of drug-likeness (QED) is 0.450. The van der Waals surface area contributed by atoms with E-state index in [4.69, 9.17) is 19.2 Å². The number of rotatable bonds is 6. The van der Waals surface area contributed by atoms with Gasteiger partial charge in [0.05, 0.1) is 24.8 Å². The SMILES string of the molecule is COC1=N[C@H](Cc2ccccc2)[C@@H]2OC(C)(C)O[C@H]2[C@@H](Cc2ccccc2)N1Cc1ccc(F)c(C#N)c1. The number of halogens is 1. The topological polar surface area (TPSA) is 67.1 Å². The zero-order chi connectivity index (χ0) is 26.7. The first-order valence-corrected chi connectivity index (χ1v) is 12.9. The molecule has 0 bridgehead atoms. The maximum absolute atomic E-state index is 14.1. The third-order valence-electron chi connectivity index (χ3n) is 7.11. The molecule has 0 radical (unpaired) electrons. The number of nitrogens with zero attached hydrogens (tertiary/aromatic N) is 3. The summed E-state index contributed by atoms with van der Waals surface area (Å²) in [6.45, 7) is 4.24. The molecule has 1 fully saturated rings. The number of fused-ring (bicyclic) bond motifs is 1. The highest BCUT2D eigenvalue weighted by atomic mass is 19.1. The van der Waals surface area contributed by atoms with Gasteiger partial charge in [-0.2, -0.15) is 5.26 Å². The Morgan fingerprint density at radius 3 is 2.18 bits per heavy atom. The summed E-state index contributed by atoms with van der Waals surface area (Å²) in [5.74, 6) is -1.32. The number of hydrogen-bond donors (Lipinski definition) is 0. The maximum Gasteiger partial charge on any atom is 0.288 e. The molecule has 0 amide bonds. The third-order valence-corrected chi connectivity index (χ3v) is 7.11. The van der Waals surface area contributed by atoms with Crippen molar-refractivity contribution in [3.8, 4) is 6.07 Å². The fourth-order valence-electron chi connectivity index (χ4n) is 5.43. The van der Waals surface area contributed by atoms with Crippen molar-refractivity contribution in [3.05, 3.63) is 107 Å². The van der Waals surface area contributed by atoms with Crippen molar-refractivity contribution in [1.82, 2.24) is 4.90 Å². The summed E-state index contributed by atoms with van der Waals surface area (Å²) in [7, 11) is 1.61. The largest absolute Gasteiger partial charge is 0.468 e. The van der Waals surface area contributed by atoms with Gasteiger partial charge < -0.3 is 19.1 Å². The molecule has 38 heavy (non-hydrogen) atoms. The molecule has 2 aliphatic rings. The molecule has 0 aliphatic carbocycles. The van der Waals surface area contributed by atoms with Crippen LogP contribution < -0.4 is 0 Å². The molecule has 0 unspecified atom stereocenters. The van der Waals surface area contributed by atoms with E-state index in [9.17, 15) is 9.65 Å². The number of benzene rings is 3. The van der Waals surface area contributed by atoms with Crippen molar-refractivity contribution in [2.24, 2.45) is 4.99 Å². The summed E-state index contributed by atoms with van der Waals surface area (Å²) in [6.07, 6.45) is 0.701. The van der Waals surface area contributed by atoms with Crippen LogP contribution in [0.2, 0.25) is 0 Å². The number of methoxy groups -OCH3 is 1. The lowest BCUT2D eigenvalue weighted by atomic mass is 9.91. The molecule has 196 valence electrons. The van der Waals surface area contributed by atoms with E-state index in [2.05, 4.69) is 29.2 Å². The lowest BCUT2D eigenvalue weighted by molar-refractivity contribution is -0.153. The van der Waals surface area contributed by atoms with Gasteiger partial charge in [0.15, 0.2) is 5.79 Å². The van der Waals surface area contributed by atoms with Crippen molar-refractivity contribution >= 4 is 6.02 Å². The first-order chi connectivity index (χ1) is 18.4. The van der Waals surface area contributed by atoms with Crippen LogP contribution in [-0.4, -0.2) is 48.1 Å². The van der Waals surface area contributed by atoms with Crippen LogP contribution >= 0.6 is 0 Å². The summed E-state index contributed by atoms with van der Waals surface area (Å²) >= 11 is 0. The minimum Gasteiger partial charge on any atom is -0.468 e. The highest BCUT2D eigenvalue weighted by Crippen LogP contribution is 2.38. The third kappa shape index (κ3) is 5.57. The normalized spacial score (nSPS) is 24.2. The van der Waals surface area contributed by atoms with E-state index in [-0.39, 0.29) is 29.9 Å². The minimum atomic E-state index is -0.783. The van der Waals surface area contributed by atoms with Crippen molar-refractivity contribution in [3.63, 3.8) is 0 Å². The van der Waals surface area contributed by atoms with E-state index >= 15 is 0 Å². The monoisotopic (exact) mass is 513 g/mol. The summed E-state index contributed by atoms with van der Waals surface area (Å²) in [6, 6.07) is 27.0. The van der Waals surface area contributed by atoms with Gasteiger partial charge in [0, 0.05) is 6.54 Å². The van der Waals surface area contributed by atoms with Gasteiger partial charge in [-0.1, -0.05) is 66.7 Å². The molecule has 3 aromatic carbocycles. The predicted octanol–water partition coefficient (Wildman–Crippen LogP) is 5.26. The Morgan fingerprint density at radius 2 is 1.55 bits per heavy atom. The predicted molar refractivity (Wildman–Crippen MR) is 143 cm³/mol. The van der Waals surface area contributed by atoms with Gasteiger partial charge in [0.1, 0.15) is 24.1 Å². The van der Waals surface area contributed by atoms with Crippen LogP contribution in [0.15, 0.2) is 83.9 Å². The molecule has 0 aromatic heterocycles. The number of hydrogen-bond acceptors (Lipinski definition) is 6. The average molecular weight is 514 g/mol. The van der Waals surface area contributed by atoms with Crippen LogP contribution in [0.4, 0.5) is 4.39 Å². The lowest BCUT2D eigenvalue weighted by Crippen LogP contribution is -2.51. The molecular formula is C31H32FN3O3. The Balaban J connectivity index is 1.59. The van der Waals surface area contributed by atoms with Crippen LogP contribution in [-0.2, 0) is 33.6 Å². The first kappa shape index (κ1) is 25.9. The molecule has 1 saturated heterocycles. The van der Waals surface area contributed by atoms with Crippen LogP contribution in [0.3, 0.4) is 0 Å². The molecule has 5 rings (SSSR count). The van der Waals surface area contributed by atoms with Crippen molar-refractivity contribution in [2.75, 3.05) is 7.11 Å². The lowest BCUT2D eigenvalue weighted by Gasteiger charge is -2.36. The van der Waals surface area contributed by atoms with Gasteiger partial charge in [0.25, 0.3) is 6.02 Å². The Kier molecular flexibility index (Phi) is 7.46. The highest BCUT2D eigenvalue weighted by molar-refractivity contribution is 5.75. The zero-order valence-electron chi connectivity index (χ0n) is 21.9. The highest BCUT2D eigenvalue weighted by Gasteiger charge is 2.52. The summed E-state index contributed by atoms with van der Waals surface area (Å²) in [5.41, 5.74) is 3.08. The van der Waals surface area contributed by atoms with Crippen LogP contribution in [0.5, 0.6) is 0 Å². The molecule has 2 heterocycles. The number of aliphatic imine (C=N–C) groups is 1. The Bertz CT molecular complexity index is 1320. The van der Waals surface area contributed by atoms with Crippen LogP contribution in [0.25, 0.3) is 0 Å². The van der Waals surface area contributed by atoms with Gasteiger partial charge in [-0.15, -0.1) is 0 Å². The molecule has 2 aliphatic heterocycles. The molecule has 0 N–H and O–H groups in total. The molecular weight excluding hydrogens is 481 g/mol. The van der Waals surface area contributed by atoms with E-state index in [0.717, 1.165) is 16.7 Å². The fraction of sp³-hybridized carbons (Fsp3) is 0.355. The number of amidine groups is 1. The van der Waals surface area contributed by atoms with Crippen molar-refractivity contribution in [2.45, 2.75) is 63.3 Å². The van der Waals surface area contributed by atoms with E-state index in [1.54, 1.807) is 19.2 Å². The molecule has 6 nitrogen and oxygen atoms in total. The van der Waals surface area contributed by atoms with E-state index in [1.807, 2.05) is 56.3 Å². The summed E-state index contributed by atoms with van der Waals surface area (Å²) < 4.78 is 33.2. The average Bonchev–Trinajstić information content (AvgIpc) is 3.21. The first-order valence-electron chi connectivity index (χ1n) is 12.9. The van der Waals surface area contributed by atoms with Crippen molar-refractivity contribution in [1.29, 1.82) is 5.26 Å².